The maximum Gasteiger partial charge on any atom is 0.289 e. The van der Waals surface area contributed by atoms with E-state index in [2.05, 4.69) is 58.9 Å². The van der Waals surface area contributed by atoms with E-state index in [1.54, 1.807) is 4.90 Å². The predicted octanol–water partition coefficient (Wildman–Crippen LogP) is 7.61. The van der Waals surface area contributed by atoms with Crippen molar-refractivity contribution in [1.29, 1.82) is 0 Å². The van der Waals surface area contributed by atoms with Crippen LogP contribution in [0.1, 0.15) is 98.5 Å². The molecule has 0 spiro atoms. The number of amides is 1. The Hall–Kier alpha value is -2.89. The summed E-state index contributed by atoms with van der Waals surface area (Å²) >= 11 is 0. The third-order valence-electron chi connectivity index (χ3n) is 8.42. The van der Waals surface area contributed by atoms with E-state index in [-0.39, 0.29) is 16.7 Å². The zero-order valence-corrected chi connectivity index (χ0v) is 25.5. The number of benzene rings is 2. The van der Waals surface area contributed by atoms with E-state index < -0.39 is 6.29 Å². The van der Waals surface area contributed by atoms with Crippen molar-refractivity contribution in [3.8, 4) is 0 Å². The summed E-state index contributed by atoms with van der Waals surface area (Å²) in [6.45, 7) is 17.4. The molecule has 0 N–H and O–H groups in total. The minimum atomic E-state index is -0.477. The lowest BCUT2D eigenvalue weighted by molar-refractivity contribution is -0.143. The van der Waals surface area contributed by atoms with Crippen LogP contribution in [0.5, 0.6) is 0 Å². The van der Waals surface area contributed by atoms with Crippen LogP contribution < -0.4 is 0 Å². The molecule has 216 valence electrons. The first-order chi connectivity index (χ1) is 19.0. The molecule has 1 amide bonds. The molecule has 1 aromatic heterocycles. The van der Waals surface area contributed by atoms with Gasteiger partial charge in [0.15, 0.2) is 12.1 Å². The first-order valence-corrected chi connectivity index (χ1v) is 14.8. The Morgan fingerprint density at radius 2 is 1.55 bits per heavy atom. The summed E-state index contributed by atoms with van der Waals surface area (Å²) in [6.07, 6.45) is 3.30. The average molecular weight is 546 g/mol. The minimum Gasteiger partial charge on any atom is -0.456 e. The smallest absolute Gasteiger partial charge is 0.289 e. The molecule has 3 aromatic rings. The average Bonchev–Trinajstić information content (AvgIpc) is 3.39. The van der Waals surface area contributed by atoms with E-state index in [1.165, 1.54) is 40.7 Å². The highest BCUT2D eigenvalue weighted by atomic mass is 16.7. The molecule has 4 rings (SSSR count). The lowest BCUT2D eigenvalue weighted by atomic mass is 9.62. The fourth-order valence-corrected chi connectivity index (χ4v) is 5.78. The van der Waals surface area contributed by atoms with Crippen molar-refractivity contribution in [3.05, 3.63) is 93.9 Å². The highest BCUT2D eigenvalue weighted by Gasteiger charge is 2.37. The van der Waals surface area contributed by atoms with Crippen molar-refractivity contribution in [2.45, 2.75) is 91.3 Å². The van der Waals surface area contributed by atoms with E-state index in [4.69, 9.17) is 13.9 Å². The third-order valence-corrected chi connectivity index (χ3v) is 8.42. The first kappa shape index (κ1) is 30.1. The summed E-state index contributed by atoms with van der Waals surface area (Å²) < 4.78 is 17.8. The molecule has 0 bridgehead atoms. The van der Waals surface area contributed by atoms with Crippen LogP contribution in [-0.4, -0.2) is 43.4 Å². The Kier molecular flexibility index (Phi) is 9.58. The molecule has 0 aliphatic heterocycles. The zero-order valence-electron chi connectivity index (χ0n) is 25.5. The molecule has 0 fully saturated rings. The largest absolute Gasteiger partial charge is 0.456 e. The summed E-state index contributed by atoms with van der Waals surface area (Å²) in [5, 5.41) is 0. The number of aryl methyl sites for hydroxylation is 1. The van der Waals surface area contributed by atoms with E-state index in [0.29, 0.717) is 38.5 Å². The van der Waals surface area contributed by atoms with Gasteiger partial charge in [-0.2, -0.15) is 0 Å². The topological polar surface area (TPSA) is 51.9 Å². The van der Waals surface area contributed by atoms with Gasteiger partial charge in [0.2, 0.25) is 0 Å². The number of hydrogen-bond donors (Lipinski definition) is 0. The minimum absolute atomic E-state index is 0.142. The van der Waals surface area contributed by atoms with Crippen molar-refractivity contribution in [2.75, 3.05) is 26.3 Å². The fourth-order valence-electron chi connectivity index (χ4n) is 5.78. The summed E-state index contributed by atoms with van der Waals surface area (Å²) in [7, 11) is 0. The van der Waals surface area contributed by atoms with Gasteiger partial charge in [0.05, 0.1) is 6.54 Å². The molecule has 0 unspecified atom stereocenters. The normalized spacial score (nSPS) is 15.7. The molecular formula is C35H47NO4. The maximum atomic E-state index is 13.7. The molecular weight excluding hydrogens is 498 g/mol. The van der Waals surface area contributed by atoms with Crippen LogP contribution >= 0.6 is 0 Å². The van der Waals surface area contributed by atoms with Crippen LogP contribution in [0.25, 0.3) is 0 Å². The number of ether oxygens (including phenoxy) is 2. The van der Waals surface area contributed by atoms with Crippen molar-refractivity contribution < 1.29 is 18.7 Å². The summed E-state index contributed by atoms with van der Waals surface area (Å²) in [5.41, 5.74) is 6.95. The monoisotopic (exact) mass is 545 g/mol. The molecule has 1 aliphatic carbocycles. The van der Waals surface area contributed by atoms with E-state index >= 15 is 0 Å². The summed E-state index contributed by atoms with van der Waals surface area (Å²) in [4.78, 5) is 15.5. The number of carbonyl (C=O) groups excluding carboxylic acids is 1. The second-order valence-corrected chi connectivity index (χ2v) is 12.4. The van der Waals surface area contributed by atoms with E-state index in [0.717, 1.165) is 12.2 Å². The molecule has 2 aromatic carbocycles. The van der Waals surface area contributed by atoms with Gasteiger partial charge < -0.3 is 18.8 Å². The Bertz CT molecular complexity index is 1270. The summed E-state index contributed by atoms with van der Waals surface area (Å²) in [5.74, 6) is 1.01. The Balaban J connectivity index is 1.55. The summed E-state index contributed by atoms with van der Waals surface area (Å²) in [6, 6.07) is 18.7. The number of rotatable bonds is 12. The molecule has 5 heteroatoms. The second kappa shape index (κ2) is 12.7. The fraction of sp³-hybridized carbons (Fsp3) is 0.514. The van der Waals surface area contributed by atoms with Crippen LogP contribution in [0.2, 0.25) is 0 Å². The number of fused-ring (bicyclic) bond motifs is 1. The van der Waals surface area contributed by atoms with Gasteiger partial charge in [-0.25, -0.2) is 0 Å². The molecule has 0 saturated carbocycles. The van der Waals surface area contributed by atoms with Crippen molar-refractivity contribution in [3.63, 3.8) is 0 Å². The van der Waals surface area contributed by atoms with Gasteiger partial charge in [-0.05, 0) is 90.8 Å². The van der Waals surface area contributed by atoms with E-state index in [1.807, 2.05) is 44.2 Å². The molecule has 0 atom stereocenters. The van der Waals surface area contributed by atoms with E-state index in [9.17, 15) is 4.79 Å². The standard InChI is InChI=1S/C35H47NO4/c1-8-38-32(39-9-2)24-36(20-17-26-13-11-10-12-14-26)33(37)31-16-15-28(40-31)22-27-23-30-29(21-25(27)3)34(4,5)18-19-35(30,6)7/h10-16,21,23,32H,8-9,17-20,22,24H2,1-7H3. The van der Waals surface area contributed by atoms with Gasteiger partial charge in [-0.3, -0.25) is 4.79 Å². The van der Waals surface area contributed by atoms with Crippen LogP contribution in [-0.2, 0) is 33.1 Å². The molecule has 1 heterocycles. The molecule has 5 nitrogen and oxygen atoms in total. The van der Waals surface area contributed by atoms with Gasteiger partial charge in [-0.15, -0.1) is 0 Å². The van der Waals surface area contributed by atoms with Crippen LogP contribution in [0.3, 0.4) is 0 Å². The number of nitrogens with zero attached hydrogens (tertiary/aromatic N) is 1. The predicted molar refractivity (Wildman–Crippen MR) is 161 cm³/mol. The Labute approximate surface area is 240 Å². The maximum absolute atomic E-state index is 13.7. The van der Waals surface area contributed by atoms with Gasteiger partial charge in [0.1, 0.15) is 5.76 Å². The van der Waals surface area contributed by atoms with Crippen LogP contribution in [0.4, 0.5) is 0 Å². The van der Waals surface area contributed by atoms with Gasteiger partial charge in [0, 0.05) is 26.2 Å². The van der Waals surface area contributed by atoms with Crippen molar-refractivity contribution >= 4 is 5.91 Å². The molecule has 0 radical (unpaired) electrons. The van der Waals surface area contributed by atoms with Crippen molar-refractivity contribution in [1.82, 2.24) is 4.90 Å². The SMILES string of the molecule is CCOC(CN(CCc1ccccc1)C(=O)c1ccc(Cc2cc3c(cc2C)C(C)(C)CCC3(C)C)o1)OCC. The van der Waals surface area contributed by atoms with Gasteiger partial charge >= 0.3 is 0 Å². The lowest BCUT2D eigenvalue weighted by Crippen LogP contribution is -2.41. The zero-order chi connectivity index (χ0) is 28.9. The highest BCUT2D eigenvalue weighted by Crippen LogP contribution is 2.46. The lowest BCUT2D eigenvalue weighted by Gasteiger charge is -2.42. The second-order valence-electron chi connectivity index (χ2n) is 12.4. The number of carbonyl (C=O) groups is 1. The number of hydrogen-bond acceptors (Lipinski definition) is 4. The molecule has 40 heavy (non-hydrogen) atoms. The quantitative estimate of drug-likeness (QED) is 0.220. The number of furan rings is 1. The third kappa shape index (κ3) is 7.05. The van der Waals surface area contributed by atoms with Gasteiger partial charge in [0.25, 0.3) is 5.91 Å². The Morgan fingerprint density at radius 1 is 0.925 bits per heavy atom. The van der Waals surface area contributed by atoms with Crippen molar-refractivity contribution in [2.24, 2.45) is 0 Å². The molecule has 1 aliphatic rings. The van der Waals surface area contributed by atoms with Gasteiger partial charge in [-0.1, -0.05) is 70.2 Å². The van der Waals surface area contributed by atoms with Crippen LogP contribution in [0.15, 0.2) is 59.0 Å². The molecule has 0 saturated heterocycles. The Morgan fingerprint density at radius 3 is 2.17 bits per heavy atom. The van der Waals surface area contributed by atoms with Crippen LogP contribution in [0, 0.1) is 6.92 Å². The first-order valence-electron chi connectivity index (χ1n) is 14.8. The highest BCUT2D eigenvalue weighted by molar-refractivity contribution is 5.91.